The molecule has 0 saturated heterocycles. The van der Waals surface area contributed by atoms with Crippen molar-refractivity contribution in [3.05, 3.63) is 0 Å². The van der Waals surface area contributed by atoms with Crippen LogP contribution in [-0.2, 0) is 4.74 Å². The first-order valence-electron chi connectivity index (χ1n) is 2.48. The molecule has 9 heavy (non-hydrogen) atoms. The zero-order valence-corrected chi connectivity index (χ0v) is 5.13. The third kappa shape index (κ3) is 3.75. The van der Waals surface area contributed by atoms with E-state index in [1.165, 1.54) is 0 Å². The number of carbonyl (C=O) groups excluding carboxylic acids is 1. The number of hydrogen-bond acceptors (Lipinski definition) is 4. The summed E-state index contributed by atoms with van der Waals surface area (Å²) in [6.45, 7) is 1.35. The molecule has 1 amide bonds. The fraction of sp³-hybridized carbons (Fsp3) is 0.750. The zero-order chi connectivity index (χ0) is 7.28. The fourth-order valence-electron chi connectivity index (χ4n) is 0.254. The number of rotatable bonds is 2. The van der Waals surface area contributed by atoms with Gasteiger partial charge in [0.2, 0.25) is 0 Å². The Morgan fingerprint density at radius 3 is 2.89 bits per heavy atom. The van der Waals surface area contributed by atoms with Crippen LogP contribution in [0.4, 0.5) is 4.79 Å². The maximum absolute atomic E-state index is 10.2. The summed E-state index contributed by atoms with van der Waals surface area (Å²) < 4.78 is 4.42. The van der Waals surface area contributed by atoms with Gasteiger partial charge < -0.3 is 9.84 Å². The van der Waals surface area contributed by atoms with Crippen molar-refractivity contribution in [3.8, 4) is 0 Å². The Hall–Kier alpha value is -0.810. The highest BCUT2D eigenvalue weighted by molar-refractivity contribution is 5.66. The number of aliphatic hydroxyl groups is 1. The Balaban J connectivity index is 3.34. The molecular weight excluding hydrogens is 124 g/mol. The summed E-state index contributed by atoms with van der Waals surface area (Å²) in [6, 6.07) is 0. The second kappa shape index (κ2) is 4.11. The number of hydrogen-bond donors (Lipinski definition) is 3. The highest BCUT2D eigenvalue weighted by Crippen LogP contribution is 1.86. The van der Waals surface area contributed by atoms with Gasteiger partial charge in [-0.3, -0.25) is 5.43 Å². The molecule has 1 atom stereocenters. The standard InChI is InChI=1S/C4H10N2O3/c1-3(2-7)9-4(8)6-5/h3,7H,2,5H2,1H3,(H,6,8). The average Bonchev–Trinajstić information content (AvgIpc) is 1.87. The summed E-state index contributed by atoms with van der Waals surface area (Å²) in [5.74, 6) is 4.67. The van der Waals surface area contributed by atoms with E-state index in [4.69, 9.17) is 5.11 Å². The van der Waals surface area contributed by atoms with Crippen molar-refractivity contribution < 1.29 is 14.6 Å². The molecule has 5 heteroatoms. The minimum Gasteiger partial charge on any atom is -0.443 e. The molecule has 54 valence electrons. The lowest BCUT2D eigenvalue weighted by Gasteiger charge is -2.07. The van der Waals surface area contributed by atoms with Gasteiger partial charge in [0.15, 0.2) is 0 Å². The second-order valence-corrected chi connectivity index (χ2v) is 1.54. The molecule has 0 aromatic rings. The highest BCUT2D eigenvalue weighted by Gasteiger charge is 2.04. The fourth-order valence-corrected chi connectivity index (χ4v) is 0.254. The lowest BCUT2D eigenvalue weighted by Crippen LogP contribution is -2.34. The maximum atomic E-state index is 10.2. The van der Waals surface area contributed by atoms with Gasteiger partial charge in [-0.25, -0.2) is 10.6 Å². The van der Waals surface area contributed by atoms with Gasteiger partial charge in [-0.1, -0.05) is 0 Å². The van der Waals surface area contributed by atoms with Crippen LogP contribution in [0.5, 0.6) is 0 Å². The third-order valence-electron chi connectivity index (χ3n) is 0.683. The third-order valence-corrected chi connectivity index (χ3v) is 0.683. The van der Waals surface area contributed by atoms with E-state index in [2.05, 4.69) is 10.6 Å². The first-order valence-corrected chi connectivity index (χ1v) is 2.48. The molecule has 4 N–H and O–H groups in total. The summed E-state index contributed by atoms with van der Waals surface area (Å²) in [6.07, 6.45) is -1.25. The van der Waals surface area contributed by atoms with Gasteiger partial charge in [0.25, 0.3) is 0 Å². The largest absolute Gasteiger partial charge is 0.443 e. The predicted molar refractivity (Wildman–Crippen MR) is 30.4 cm³/mol. The average molecular weight is 134 g/mol. The van der Waals surface area contributed by atoms with Crippen LogP contribution in [-0.4, -0.2) is 23.9 Å². The molecule has 0 radical (unpaired) electrons. The van der Waals surface area contributed by atoms with E-state index in [0.717, 1.165) is 0 Å². The monoisotopic (exact) mass is 134 g/mol. The molecule has 0 heterocycles. The summed E-state index contributed by atoms with van der Waals surface area (Å²) in [7, 11) is 0. The molecule has 0 saturated carbocycles. The molecule has 0 aromatic carbocycles. The van der Waals surface area contributed by atoms with E-state index < -0.39 is 12.2 Å². The molecule has 5 nitrogen and oxygen atoms in total. The van der Waals surface area contributed by atoms with E-state index in [0.29, 0.717) is 0 Å². The minimum absolute atomic E-state index is 0.201. The predicted octanol–water partition coefficient (Wildman–Crippen LogP) is -1.03. The van der Waals surface area contributed by atoms with Crippen LogP contribution in [0, 0.1) is 0 Å². The Labute approximate surface area is 52.8 Å². The molecule has 0 aliphatic rings. The van der Waals surface area contributed by atoms with E-state index >= 15 is 0 Å². The molecule has 0 aromatic heterocycles. The van der Waals surface area contributed by atoms with E-state index in [-0.39, 0.29) is 6.61 Å². The highest BCUT2D eigenvalue weighted by atomic mass is 16.6. The van der Waals surface area contributed by atoms with Crippen LogP contribution in [0.25, 0.3) is 0 Å². The summed E-state index contributed by atoms with van der Waals surface area (Å²) in [5.41, 5.74) is 1.76. The summed E-state index contributed by atoms with van der Waals surface area (Å²) in [4.78, 5) is 10.2. The van der Waals surface area contributed by atoms with Gasteiger partial charge in [0, 0.05) is 0 Å². The van der Waals surface area contributed by atoms with Gasteiger partial charge in [0.05, 0.1) is 6.61 Å². The number of ether oxygens (including phenoxy) is 1. The lowest BCUT2D eigenvalue weighted by molar-refractivity contribution is 0.0681. The smallest absolute Gasteiger partial charge is 0.421 e. The van der Waals surface area contributed by atoms with Gasteiger partial charge in [0.1, 0.15) is 6.10 Å². The molecule has 0 spiro atoms. The van der Waals surface area contributed by atoms with Crippen molar-refractivity contribution in [1.29, 1.82) is 0 Å². The Bertz CT molecular complexity index is 95.8. The van der Waals surface area contributed by atoms with Crippen molar-refractivity contribution in [2.75, 3.05) is 6.61 Å². The number of carbonyl (C=O) groups is 1. The van der Waals surface area contributed by atoms with E-state index in [1.54, 1.807) is 12.3 Å². The molecule has 0 aliphatic heterocycles. The Kier molecular flexibility index (Phi) is 3.74. The van der Waals surface area contributed by atoms with Crippen LogP contribution >= 0.6 is 0 Å². The molecule has 0 rings (SSSR count). The van der Waals surface area contributed by atoms with Crippen LogP contribution in [0.1, 0.15) is 6.92 Å². The molecule has 1 unspecified atom stereocenters. The second-order valence-electron chi connectivity index (χ2n) is 1.54. The number of hydrazine groups is 1. The van der Waals surface area contributed by atoms with Crippen molar-refractivity contribution in [1.82, 2.24) is 5.43 Å². The number of aliphatic hydroxyl groups excluding tert-OH is 1. The van der Waals surface area contributed by atoms with Crippen molar-refractivity contribution in [2.45, 2.75) is 13.0 Å². The molecule has 0 aliphatic carbocycles. The van der Waals surface area contributed by atoms with Gasteiger partial charge in [-0.2, -0.15) is 0 Å². The lowest BCUT2D eigenvalue weighted by atomic mass is 10.4. The Morgan fingerprint density at radius 1 is 2.00 bits per heavy atom. The van der Waals surface area contributed by atoms with E-state index in [9.17, 15) is 4.79 Å². The topological polar surface area (TPSA) is 84.6 Å². The van der Waals surface area contributed by atoms with Crippen LogP contribution in [0.15, 0.2) is 0 Å². The number of nitrogens with one attached hydrogen (secondary N) is 1. The van der Waals surface area contributed by atoms with E-state index in [1.807, 2.05) is 0 Å². The maximum Gasteiger partial charge on any atom is 0.421 e. The first kappa shape index (κ1) is 8.19. The number of nitrogens with two attached hydrogens (primary N) is 1. The number of amides is 1. The first-order chi connectivity index (χ1) is 4.20. The molecular formula is C4H10N2O3. The molecule has 0 bridgehead atoms. The SMILES string of the molecule is CC(CO)OC(=O)NN. The zero-order valence-electron chi connectivity index (χ0n) is 5.13. The summed E-state index contributed by atoms with van der Waals surface area (Å²) in [5, 5.41) is 8.33. The Morgan fingerprint density at radius 2 is 2.56 bits per heavy atom. The minimum atomic E-state index is -0.739. The van der Waals surface area contributed by atoms with Crippen LogP contribution < -0.4 is 11.3 Å². The van der Waals surface area contributed by atoms with Crippen LogP contribution in [0.2, 0.25) is 0 Å². The van der Waals surface area contributed by atoms with Crippen LogP contribution in [0.3, 0.4) is 0 Å². The summed E-state index contributed by atoms with van der Waals surface area (Å²) >= 11 is 0. The van der Waals surface area contributed by atoms with Gasteiger partial charge in [-0.05, 0) is 6.92 Å². The van der Waals surface area contributed by atoms with Crippen molar-refractivity contribution in [3.63, 3.8) is 0 Å². The quantitative estimate of drug-likeness (QED) is 0.256. The van der Waals surface area contributed by atoms with Gasteiger partial charge in [-0.15, -0.1) is 0 Å². The van der Waals surface area contributed by atoms with Crippen molar-refractivity contribution in [2.24, 2.45) is 5.84 Å². The van der Waals surface area contributed by atoms with Crippen molar-refractivity contribution >= 4 is 6.09 Å². The normalized spacial score (nSPS) is 12.3. The van der Waals surface area contributed by atoms with Gasteiger partial charge >= 0.3 is 6.09 Å². The molecule has 0 fully saturated rings.